The number of rotatable bonds is 3. The highest BCUT2D eigenvalue weighted by atomic mass is 19.3. The molecule has 4 atom stereocenters. The van der Waals surface area contributed by atoms with E-state index in [0.29, 0.717) is 11.2 Å². The van der Waals surface area contributed by atoms with Crippen molar-refractivity contribution in [1.82, 2.24) is 9.97 Å². The molecule has 1 amide bonds. The number of hydrogen-bond donors (Lipinski definition) is 2. The maximum atomic E-state index is 15.2. The highest BCUT2D eigenvalue weighted by molar-refractivity contribution is 6.03. The lowest BCUT2D eigenvalue weighted by atomic mass is 9.79. The summed E-state index contributed by atoms with van der Waals surface area (Å²) in [6.07, 6.45) is 1.30. The second kappa shape index (κ2) is 7.40. The van der Waals surface area contributed by atoms with Crippen LogP contribution in [0.25, 0.3) is 10.9 Å². The summed E-state index contributed by atoms with van der Waals surface area (Å²) >= 11 is 0. The lowest BCUT2D eigenvalue weighted by Gasteiger charge is -2.26. The Balaban J connectivity index is 1.69. The first-order valence-corrected chi connectivity index (χ1v) is 10.7. The van der Waals surface area contributed by atoms with E-state index in [1.165, 1.54) is 31.3 Å². The second-order valence-electron chi connectivity index (χ2n) is 9.05. The summed E-state index contributed by atoms with van der Waals surface area (Å²) in [5.41, 5.74) is 5.29. The number of nitrogens with one attached hydrogen (secondary N) is 1. The molecular formula is C24H21F4N3O2. The molecule has 1 aromatic carbocycles. The molecule has 5 rings (SSSR count). The molecule has 2 saturated carbocycles. The number of fused-ring (bicyclic) bond motifs is 2. The van der Waals surface area contributed by atoms with Crippen LogP contribution in [-0.4, -0.2) is 21.8 Å². The Morgan fingerprint density at radius 3 is 2.73 bits per heavy atom. The number of primary amides is 1. The minimum atomic E-state index is -2.90. The number of halogens is 4. The van der Waals surface area contributed by atoms with Gasteiger partial charge in [0.1, 0.15) is 17.3 Å². The number of aromatic amines is 1. The van der Waals surface area contributed by atoms with Crippen molar-refractivity contribution in [3.8, 4) is 0 Å². The molecule has 0 saturated heterocycles. The molecule has 33 heavy (non-hydrogen) atoms. The summed E-state index contributed by atoms with van der Waals surface area (Å²) in [5, 5.41) is 0.0117. The van der Waals surface area contributed by atoms with E-state index in [4.69, 9.17) is 5.73 Å². The van der Waals surface area contributed by atoms with E-state index in [1.807, 2.05) is 0 Å². The molecular weight excluding hydrogens is 438 g/mol. The number of carbonyl (C=O) groups excluding carboxylic acids is 1. The number of aromatic nitrogens is 2. The number of nitrogens with two attached hydrogens (primary N) is 1. The van der Waals surface area contributed by atoms with E-state index < -0.39 is 52.6 Å². The monoisotopic (exact) mass is 459 g/mol. The zero-order valence-corrected chi connectivity index (χ0v) is 17.7. The molecule has 0 spiro atoms. The van der Waals surface area contributed by atoms with Gasteiger partial charge in [-0.1, -0.05) is 6.07 Å². The number of pyridine rings is 2. The maximum Gasteiger partial charge on any atom is 0.268 e. The van der Waals surface area contributed by atoms with Gasteiger partial charge in [0, 0.05) is 41.8 Å². The molecule has 0 aliphatic heterocycles. The first kappa shape index (κ1) is 21.6. The van der Waals surface area contributed by atoms with Crippen molar-refractivity contribution >= 4 is 16.8 Å². The second-order valence-corrected chi connectivity index (χ2v) is 9.05. The molecule has 9 heteroatoms. The third-order valence-electron chi connectivity index (χ3n) is 7.38. The molecule has 2 fully saturated rings. The number of alkyl halides is 2. The van der Waals surface area contributed by atoms with Crippen molar-refractivity contribution in [3.63, 3.8) is 0 Å². The molecule has 3 N–H and O–H groups in total. The smallest absolute Gasteiger partial charge is 0.268 e. The normalized spacial score (nSPS) is 26.0. The number of benzene rings is 1. The fraction of sp³-hybridized carbons (Fsp3) is 0.375. The van der Waals surface area contributed by atoms with E-state index in [1.54, 1.807) is 0 Å². The highest BCUT2D eigenvalue weighted by Crippen LogP contribution is 2.63. The van der Waals surface area contributed by atoms with Crippen LogP contribution in [0.3, 0.4) is 0 Å². The summed E-state index contributed by atoms with van der Waals surface area (Å²) in [4.78, 5) is 31.6. The molecule has 3 aromatic rings. The van der Waals surface area contributed by atoms with Crippen molar-refractivity contribution in [1.29, 1.82) is 0 Å². The van der Waals surface area contributed by atoms with E-state index in [2.05, 4.69) is 9.97 Å². The van der Waals surface area contributed by atoms with Gasteiger partial charge in [-0.25, -0.2) is 17.6 Å². The van der Waals surface area contributed by atoms with Crippen molar-refractivity contribution in [3.05, 3.63) is 74.8 Å². The molecule has 0 radical (unpaired) electrons. The Bertz CT molecular complexity index is 1350. The van der Waals surface area contributed by atoms with Crippen molar-refractivity contribution in [2.24, 2.45) is 17.6 Å². The van der Waals surface area contributed by atoms with Crippen LogP contribution in [0, 0.1) is 30.4 Å². The Labute approximate surface area is 186 Å². The van der Waals surface area contributed by atoms with Gasteiger partial charge in [-0.2, -0.15) is 0 Å². The Kier molecular flexibility index (Phi) is 4.84. The molecule has 172 valence electrons. The quantitative estimate of drug-likeness (QED) is 0.564. The lowest BCUT2D eigenvalue weighted by Crippen LogP contribution is -2.23. The van der Waals surface area contributed by atoms with Gasteiger partial charge in [0.05, 0.1) is 10.9 Å². The predicted molar refractivity (Wildman–Crippen MR) is 113 cm³/mol. The molecule has 5 nitrogen and oxygen atoms in total. The summed E-state index contributed by atoms with van der Waals surface area (Å²) in [5.74, 6) is -7.98. The first-order valence-electron chi connectivity index (χ1n) is 10.7. The summed E-state index contributed by atoms with van der Waals surface area (Å²) in [6.45, 7) is 1.31. The third kappa shape index (κ3) is 3.24. The minimum Gasteiger partial charge on any atom is -0.364 e. The topological polar surface area (TPSA) is 88.8 Å². The number of nitrogens with zero attached hydrogens (tertiary/aromatic N) is 1. The van der Waals surface area contributed by atoms with Gasteiger partial charge >= 0.3 is 0 Å². The average Bonchev–Trinajstić information content (AvgIpc) is 3.29. The molecule has 2 heterocycles. The number of carbonyl (C=O) groups is 1. The van der Waals surface area contributed by atoms with E-state index >= 15 is 4.39 Å². The van der Waals surface area contributed by atoms with Gasteiger partial charge in [-0.3, -0.25) is 14.6 Å². The van der Waals surface area contributed by atoms with Gasteiger partial charge < -0.3 is 10.7 Å². The number of hydrogen-bond acceptors (Lipinski definition) is 3. The molecule has 0 bridgehead atoms. The van der Waals surface area contributed by atoms with Crippen LogP contribution in [-0.2, 0) is 0 Å². The van der Waals surface area contributed by atoms with Crippen LogP contribution >= 0.6 is 0 Å². The van der Waals surface area contributed by atoms with Gasteiger partial charge in [0.25, 0.3) is 11.8 Å². The van der Waals surface area contributed by atoms with Gasteiger partial charge in [0.2, 0.25) is 0 Å². The SMILES string of the molecule is Cc1c(F)ccc([C@H]2C(c3cc(=O)c4c(C(N)=O)nccc4[nH]3)CC3C2CCC3(F)F)c1F. The Morgan fingerprint density at radius 1 is 1.24 bits per heavy atom. The van der Waals surface area contributed by atoms with Crippen LogP contribution in [0.4, 0.5) is 17.6 Å². The van der Waals surface area contributed by atoms with E-state index in [9.17, 15) is 22.8 Å². The van der Waals surface area contributed by atoms with Crippen molar-refractivity contribution in [2.75, 3.05) is 0 Å². The molecule has 2 aliphatic carbocycles. The maximum absolute atomic E-state index is 15.2. The van der Waals surface area contributed by atoms with Crippen LogP contribution in [0.5, 0.6) is 0 Å². The molecule has 2 aliphatic rings. The van der Waals surface area contributed by atoms with Crippen LogP contribution < -0.4 is 11.2 Å². The zero-order valence-electron chi connectivity index (χ0n) is 17.7. The molecule has 3 unspecified atom stereocenters. The Hall–Kier alpha value is -3.23. The standard InChI is InChI=1S/C24H21F4N3O2/c1-10-15(25)3-2-12(21(10)26)19-11-4-6-24(27,28)14(11)8-13(19)17-9-18(32)20-16(31-17)5-7-30-22(20)23(29)33/h2-3,5,7,9,11,13-14,19H,4,6,8H2,1H3,(H2,29,33)(H,31,32)/t11?,13?,14?,19-/m0/s1. The number of H-pyrrole nitrogens is 1. The predicted octanol–water partition coefficient (Wildman–Crippen LogP) is 4.54. The van der Waals surface area contributed by atoms with Crippen molar-refractivity contribution in [2.45, 2.75) is 43.9 Å². The fourth-order valence-electron chi connectivity index (χ4n) is 5.87. The average molecular weight is 459 g/mol. The summed E-state index contributed by atoms with van der Waals surface area (Å²) in [6, 6.07) is 5.22. The fourth-order valence-corrected chi connectivity index (χ4v) is 5.87. The summed E-state index contributed by atoms with van der Waals surface area (Å²) in [7, 11) is 0. The van der Waals surface area contributed by atoms with Gasteiger partial charge in [0.15, 0.2) is 5.43 Å². The third-order valence-corrected chi connectivity index (χ3v) is 7.38. The largest absolute Gasteiger partial charge is 0.364 e. The van der Waals surface area contributed by atoms with Crippen LogP contribution in [0.15, 0.2) is 35.3 Å². The highest BCUT2D eigenvalue weighted by Gasteiger charge is 2.59. The zero-order chi connectivity index (χ0) is 23.7. The molecule has 2 aromatic heterocycles. The van der Waals surface area contributed by atoms with Crippen LogP contribution in [0.2, 0.25) is 0 Å². The Morgan fingerprint density at radius 2 is 2.00 bits per heavy atom. The van der Waals surface area contributed by atoms with E-state index in [-0.39, 0.29) is 41.5 Å². The van der Waals surface area contributed by atoms with Crippen LogP contribution in [0.1, 0.15) is 58.4 Å². The van der Waals surface area contributed by atoms with Crippen molar-refractivity contribution < 1.29 is 22.4 Å². The summed E-state index contributed by atoms with van der Waals surface area (Å²) < 4.78 is 58.5. The minimum absolute atomic E-state index is 0.0117. The first-order chi connectivity index (χ1) is 15.6. The van der Waals surface area contributed by atoms with E-state index in [0.717, 1.165) is 6.07 Å². The number of amides is 1. The lowest BCUT2D eigenvalue weighted by molar-refractivity contribution is -0.0415. The van der Waals surface area contributed by atoms with Gasteiger partial charge in [-0.15, -0.1) is 0 Å². The van der Waals surface area contributed by atoms with Gasteiger partial charge in [-0.05, 0) is 49.3 Å².